The molecule has 1 aromatic carbocycles. The van der Waals surface area contributed by atoms with Gasteiger partial charge in [0.1, 0.15) is 12.4 Å². The van der Waals surface area contributed by atoms with Gasteiger partial charge in [0.2, 0.25) is 0 Å². The van der Waals surface area contributed by atoms with Gasteiger partial charge in [-0.05, 0) is 31.0 Å². The summed E-state index contributed by atoms with van der Waals surface area (Å²) < 4.78 is 5.72. The Hall–Kier alpha value is -0.450. The first kappa shape index (κ1) is 15.4. The molecule has 0 aliphatic heterocycles. The summed E-state index contributed by atoms with van der Waals surface area (Å²) in [7, 11) is 0. The third-order valence-corrected chi connectivity index (χ3v) is 5.28. The van der Waals surface area contributed by atoms with Crippen molar-refractivity contribution in [1.82, 2.24) is 5.32 Å². The van der Waals surface area contributed by atoms with Crippen molar-refractivity contribution in [2.24, 2.45) is 0 Å². The lowest BCUT2D eigenvalue weighted by atomic mass is 10.3. The summed E-state index contributed by atoms with van der Waals surface area (Å²) in [6.45, 7) is 1.41. The highest BCUT2D eigenvalue weighted by molar-refractivity contribution is 7.11. The third-order valence-electron chi connectivity index (χ3n) is 3.20. The summed E-state index contributed by atoms with van der Waals surface area (Å²) >= 11 is 19.7. The molecule has 6 heteroatoms. The minimum absolute atomic E-state index is 0.429. The summed E-state index contributed by atoms with van der Waals surface area (Å²) in [5.74, 6) is 0.553. The average molecular weight is 363 g/mol. The monoisotopic (exact) mass is 361 g/mol. The molecule has 0 amide bonds. The maximum Gasteiger partial charge on any atom is 0.140 e. The van der Waals surface area contributed by atoms with Crippen molar-refractivity contribution in [3.8, 4) is 5.75 Å². The summed E-state index contributed by atoms with van der Waals surface area (Å²) in [5.41, 5.74) is 0. The van der Waals surface area contributed by atoms with Gasteiger partial charge < -0.3 is 10.1 Å². The number of benzene rings is 1. The first-order valence-electron chi connectivity index (χ1n) is 6.70. The minimum atomic E-state index is 0.429. The lowest BCUT2D eigenvalue weighted by Crippen LogP contribution is -2.14. The highest BCUT2D eigenvalue weighted by Crippen LogP contribution is 2.34. The van der Waals surface area contributed by atoms with Crippen molar-refractivity contribution in [1.29, 1.82) is 0 Å². The van der Waals surface area contributed by atoms with Crippen molar-refractivity contribution >= 4 is 46.1 Å². The molecule has 1 saturated carbocycles. The van der Waals surface area contributed by atoms with Crippen LogP contribution in [0, 0.1) is 0 Å². The number of halogens is 3. The number of ether oxygens (including phenoxy) is 1. The van der Waals surface area contributed by atoms with Gasteiger partial charge in [0.25, 0.3) is 0 Å². The molecule has 1 aliphatic carbocycles. The molecule has 3 rings (SSSR count). The molecule has 2 nitrogen and oxygen atoms in total. The van der Waals surface area contributed by atoms with Crippen LogP contribution in [0.3, 0.4) is 0 Å². The van der Waals surface area contributed by atoms with Gasteiger partial charge in [-0.2, -0.15) is 0 Å². The molecule has 0 saturated heterocycles. The zero-order chi connectivity index (χ0) is 14.8. The van der Waals surface area contributed by atoms with E-state index in [1.165, 1.54) is 17.7 Å². The fourth-order valence-corrected chi connectivity index (χ4v) is 3.36. The topological polar surface area (TPSA) is 21.3 Å². The van der Waals surface area contributed by atoms with Gasteiger partial charge in [0.15, 0.2) is 0 Å². The summed E-state index contributed by atoms with van der Waals surface area (Å²) in [4.78, 5) is 2.48. The molecule has 1 aliphatic rings. The number of hydrogen-bond acceptors (Lipinski definition) is 3. The highest BCUT2D eigenvalue weighted by Gasteiger charge is 2.20. The molecule has 1 N–H and O–H groups in total. The van der Waals surface area contributed by atoms with Gasteiger partial charge in [-0.1, -0.05) is 34.8 Å². The van der Waals surface area contributed by atoms with Crippen LogP contribution in [0.4, 0.5) is 0 Å². The second-order valence-corrected chi connectivity index (χ2v) is 7.48. The molecule has 112 valence electrons. The predicted octanol–water partition coefficient (Wildman–Crippen LogP) is 5.54. The Morgan fingerprint density at radius 1 is 1.05 bits per heavy atom. The van der Waals surface area contributed by atoms with Gasteiger partial charge >= 0.3 is 0 Å². The molecule has 21 heavy (non-hydrogen) atoms. The van der Waals surface area contributed by atoms with Crippen molar-refractivity contribution in [3.63, 3.8) is 0 Å². The summed E-state index contributed by atoms with van der Waals surface area (Å²) in [5, 5.41) is 4.84. The van der Waals surface area contributed by atoms with Gasteiger partial charge in [0.05, 0.1) is 15.1 Å². The Labute approximate surface area is 143 Å². The Bertz CT molecular complexity index is 640. The van der Waals surface area contributed by atoms with E-state index in [1.54, 1.807) is 23.5 Å². The van der Waals surface area contributed by atoms with Crippen molar-refractivity contribution in [2.75, 3.05) is 0 Å². The van der Waals surface area contributed by atoms with Crippen LogP contribution in [-0.2, 0) is 13.2 Å². The van der Waals surface area contributed by atoms with E-state index in [0.717, 1.165) is 17.5 Å². The first-order valence-corrected chi connectivity index (χ1v) is 8.65. The van der Waals surface area contributed by atoms with Crippen LogP contribution in [0.15, 0.2) is 24.3 Å². The van der Waals surface area contributed by atoms with Crippen molar-refractivity contribution in [3.05, 3.63) is 49.1 Å². The highest BCUT2D eigenvalue weighted by atomic mass is 35.5. The maximum atomic E-state index is 6.09. The standard InChI is InChI=1S/C15H14Cl3NOS/c16-12-5-14(18)15(6-13(12)17)20-8-11-4-3-10(21-11)7-19-9-1-2-9/h3-6,9,19H,1-2,7-8H2. The van der Waals surface area contributed by atoms with Crippen molar-refractivity contribution in [2.45, 2.75) is 32.0 Å². The number of hydrogen-bond donors (Lipinski definition) is 1. The van der Waals surface area contributed by atoms with Crippen LogP contribution in [0.2, 0.25) is 15.1 Å². The van der Waals surface area contributed by atoms with E-state index >= 15 is 0 Å². The lowest BCUT2D eigenvalue weighted by Gasteiger charge is -2.08. The number of nitrogens with one attached hydrogen (secondary N) is 1. The number of thiophene rings is 1. The second kappa shape index (κ2) is 6.76. The normalized spacial score (nSPS) is 14.4. The smallest absolute Gasteiger partial charge is 0.140 e. The molecule has 1 heterocycles. The van der Waals surface area contributed by atoms with Crippen LogP contribution in [0.1, 0.15) is 22.6 Å². The Kier molecular flexibility index (Phi) is 4.97. The van der Waals surface area contributed by atoms with Gasteiger partial charge in [-0.15, -0.1) is 11.3 Å². The first-order chi connectivity index (χ1) is 10.1. The van der Waals surface area contributed by atoms with E-state index in [0.29, 0.717) is 27.4 Å². The molecule has 0 bridgehead atoms. The van der Waals surface area contributed by atoms with E-state index in [9.17, 15) is 0 Å². The molecule has 1 aromatic heterocycles. The minimum Gasteiger partial charge on any atom is -0.486 e. The molecule has 2 aromatic rings. The average Bonchev–Trinajstić information content (AvgIpc) is 3.18. The van der Waals surface area contributed by atoms with Gasteiger partial charge in [-0.25, -0.2) is 0 Å². The summed E-state index contributed by atoms with van der Waals surface area (Å²) in [6.07, 6.45) is 2.61. The van der Waals surface area contributed by atoms with E-state index in [2.05, 4.69) is 17.4 Å². The van der Waals surface area contributed by atoms with Gasteiger partial charge in [0, 0.05) is 28.4 Å². The van der Waals surface area contributed by atoms with Crippen LogP contribution < -0.4 is 10.1 Å². The molecule has 0 atom stereocenters. The van der Waals surface area contributed by atoms with Crippen molar-refractivity contribution < 1.29 is 4.74 Å². The molecular weight excluding hydrogens is 349 g/mol. The quantitative estimate of drug-likeness (QED) is 0.681. The zero-order valence-electron chi connectivity index (χ0n) is 11.2. The predicted molar refractivity (Wildman–Crippen MR) is 90.0 cm³/mol. The Morgan fingerprint density at radius 3 is 2.52 bits per heavy atom. The van der Waals surface area contributed by atoms with Crippen LogP contribution in [0.5, 0.6) is 5.75 Å². The fraction of sp³-hybridized carbons (Fsp3) is 0.333. The largest absolute Gasteiger partial charge is 0.486 e. The molecular formula is C15H14Cl3NOS. The van der Waals surface area contributed by atoms with Gasteiger partial charge in [-0.3, -0.25) is 0 Å². The summed E-state index contributed by atoms with van der Waals surface area (Å²) in [6, 6.07) is 8.19. The molecule has 1 fully saturated rings. The van der Waals surface area contributed by atoms with E-state index in [4.69, 9.17) is 39.5 Å². The second-order valence-electron chi connectivity index (χ2n) is 5.01. The SMILES string of the molecule is Clc1cc(Cl)c(OCc2ccc(CNC3CC3)s2)cc1Cl. The van der Waals surface area contributed by atoms with Crippen LogP contribution in [0.25, 0.3) is 0 Å². The van der Waals surface area contributed by atoms with E-state index in [-0.39, 0.29) is 0 Å². The zero-order valence-corrected chi connectivity index (χ0v) is 14.2. The van der Waals surface area contributed by atoms with E-state index in [1.807, 2.05) is 0 Å². The molecule has 0 unspecified atom stereocenters. The fourth-order valence-electron chi connectivity index (χ4n) is 1.89. The number of rotatable bonds is 6. The maximum absolute atomic E-state index is 6.09. The lowest BCUT2D eigenvalue weighted by molar-refractivity contribution is 0.310. The third kappa shape index (κ3) is 4.27. The Morgan fingerprint density at radius 2 is 1.76 bits per heavy atom. The van der Waals surface area contributed by atoms with Crippen LogP contribution >= 0.6 is 46.1 Å². The van der Waals surface area contributed by atoms with Crippen LogP contribution in [-0.4, -0.2) is 6.04 Å². The molecule has 0 radical (unpaired) electrons. The molecule has 0 spiro atoms. The van der Waals surface area contributed by atoms with E-state index < -0.39 is 0 Å². The Balaban J connectivity index is 1.58.